The summed E-state index contributed by atoms with van der Waals surface area (Å²) in [6, 6.07) is 25.2. The predicted octanol–water partition coefficient (Wildman–Crippen LogP) is 7.62. The lowest BCUT2D eigenvalue weighted by molar-refractivity contribution is 0.102. The zero-order chi connectivity index (χ0) is 22.8. The summed E-state index contributed by atoms with van der Waals surface area (Å²) >= 11 is 10.9. The van der Waals surface area contributed by atoms with E-state index in [1.807, 2.05) is 78.9 Å². The highest BCUT2D eigenvalue weighted by molar-refractivity contribution is 9.10. The summed E-state index contributed by atoms with van der Waals surface area (Å²) in [7, 11) is 0. The molecule has 2 aromatic heterocycles. The van der Waals surface area contributed by atoms with Crippen molar-refractivity contribution in [3.63, 3.8) is 0 Å². The minimum Gasteiger partial charge on any atom is -0.298 e. The van der Waals surface area contributed by atoms with Gasteiger partial charge < -0.3 is 0 Å². The lowest BCUT2D eigenvalue weighted by Gasteiger charge is -2.10. The topological polar surface area (TPSA) is 54.9 Å². The average Bonchev–Trinajstić information content (AvgIpc) is 3.27. The van der Waals surface area contributed by atoms with Crippen LogP contribution in [0.25, 0.3) is 22.2 Å². The summed E-state index contributed by atoms with van der Waals surface area (Å²) in [6.45, 7) is 0. The number of hydrogen-bond donors (Lipinski definition) is 1. The summed E-state index contributed by atoms with van der Waals surface area (Å²) in [5.41, 5.74) is 4.15. The van der Waals surface area contributed by atoms with Crippen LogP contribution >= 0.6 is 38.9 Å². The SMILES string of the molecule is O=C(Nc1ncc(Cc2ccc(Cl)cc2)s1)c1cc(-c2ccccc2)nc2ccc(Br)cc12. The third-order valence-electron chi connectivity index (χ3n) is 5.15. The van der Waals surface area contributed by atoms with Crippen LogP contribution in [0.4, 0.5) is 5.13 Å². The number of fused-ring (bicyclic) bond motifs is 1. The van der Waals surface area contributed by atoms with Gasteiger partial charge in [-0.05, 0) is 42.0 Å². The number of thiazole rings is 1. The fraction of sp³-hybridized carbons (Fsp3) is 0.0385. The van der Waals surface area contributed by atoms with Crippen molar-refractivity contribution in [2.24, 2.45) is 0 Å². The van der Waals surface area contributed by atoms with Crippen LogP contribution in [-0.2, 0) is 6.42 Å². The second kappa shape index (κ2) is 9.43. The van der Waals surface area contributed by atoms with Crippen LogP contribution < -0.4 is 5.32 Å². The summed E-state index contributed by atoms with van der Waals surface area (Å²) in [5, 5.41) is 5.02. The standard InChI is InChI=1S/C26H17BrClN3OS/c27-18-8-11-23-21(13-18)22(14-24(30-23)17-4-2-1-3-5-17)25(32)31-26-29-15-20(33-26)12-16-6-9-19(28)10-7-16/h1-11,13-15H,12H2,(H,29,31,32). The molecule has 0 radical (unpaired) electrons. The van der Waals surface area contributed by atoms with Gasteiger partial charge in [0.15, 0.2) is 5.13 Å². The highest BCUT2D eigenvalue weighted by Crippen LogP contribution is 2.29. The van der Waals surface area contributed by atoms with Gasteiger partial charge in [-0.1, -0.05) is 70.0 Å². The number of anilines is 1. The Morgan fingerprint density at radius 2 is 1.79 bits per heavy atom. The van der Waals surface area contributed by atoms with Crippen molar-refractivity contribution in [1.29, 1.82) is 0 Å². The van der Waals surface area contributed by atoms with Gasteiger partial charge in [-0.25, -0.2) is 9.97 Å². The van der Waals surface area contributed by atoms with Crippen molar-refractivity contribution in [3.05, 3.63) is 111 Å². The first-order valence-corrected chi connectivity index (χ1v) is 12.2. The third kappa shape index (κ3) is 4.98. The molecule has 7 heteroatoms. The number of nitrogens with zero attached hydrogens (tertiary/aromatic N) is 2. The van der Waals surface area contributed by atoms with Crippen LogP contribution in [0.15, 0.2) is 89.5 Å². The van der Waals surface area contributed by atoms with Gasteiger partial charge in [-0.15, -0.1) is 11.3 Å². The van der Waals surface area contributed by atoms with Gasteiger partial charge in [0.25, 0.3) is 5.91 Å². The highest BCUT2D eigenvalue weighted by Gasteiger charge is 2.16. The first-order chi connectivity index (χ1) is 16.0. The summed E-state index contributed by atoms with van der Waals surface area (Å²) in [6.07, 6.45) is 2.53. The Morgan fingerprint density at radius 1 is 1.00 bits per heavy atom. The fourth-order valence-electron chi connectivity index (χ4n) is 3.56. The van der Waals surface area contributed by atoms with Gasteiger partial charge >= 0.3 is 0 Å². The zero-order valence-electron chi connectivity index (χ0n) is 17.3. The smallest absolute Gasteiger partial charge is 0.258 e. The Labute approximate surface area is 208 Å². The number of aromatic nitrogens is 2. The summed E-state index contributed by atoms with van der Waals surface area (Å²) in [4.78, 5) is 23.6. The Balaban J connectivity index is 1.45. The molecule has 3 aromatic carbocycles. The molecule has 0 atom stereocenters. The maximum Gasteiger partial charge on any atom is 0.258 e. The lowest BCUT2D eigenvalue weighted by Crippen LogP contribution is -2.13. The molecule has 5 rings (SSSR count). The van der Waals surface area contributed by atoms with E-state index < -0.39 is 0 Å². The Morgan fingerprint density at radius 3 is 2.58 bits per heavy atom. The predicted molar refractivity (Wildman–Crippen MR) is 139 cm³/mol. The number of halogens is 2. The molecule has 4 nitrogen and oxygen atoms in total. The average molecular weight is 535 g/mol. The molecule has 2 heterocycles. The Bertz CT molecular complexity index is 1450. The molecule has 33 heavy (non-hydrogen) atoms. The van der Waals surface area contributed by atoms with Crippen LogP contribution in [0, 0.1) is 0 Å². The van der Waals surface area contributed by atoms with E-state index in [1.165, 1.54) is 11.3 Å². The van der Waals surface area contributed by atoms with E-state index >= 15 is 0 Å². The maximum absolute atomic E-state index is 13.3. The molecular formula is C26H17BrClN3OS. The molecule has 0 aliphatic carbocycles. The van der Waals surface area contributed by atoms with Crippen molar-refractivity contribution in [2.45, 2.75) is 6.42 Å². The molecule has 0 saturated carbocycles. The molecule has 162 valence electrons. The van der Waals surface area contributed by atoms with Crippen LogP contribution in [0.1, 0.15) is 20.8 Å². The van der Waals surface area contributed by atoms with Crippen molar-refractivity contribution in [2.75, 3.05) is 5.32 Å². The normalized spacial score (nSPS) is 11.0. The number of carbonyl (C=O) groups is 1. The first-order valence-electron chi connectivity index (χ1n) is 10.2. The van der Waals surface area contributed by atoms with E-state index in [1.54, 1.807) is 6.20 Å². The fourth-order valence-corrected chi connectivity index (χ4v) is 4.89. The second-order valence-electron chi connectivity index (χ2n) is 7.47. The molecule has 0 aliphatic rings. The third-order valence-corrected chi connectivity index (χ3v) is 6.81. The summed E-state index contributed by atoms with van der Waals surface area (Å²) < 4.78 is 0.887. The van der Waals surface area contributed by atoms with Crippen molar-refractivity contribution >= 4 is 60.8 Å². The molecule has 0 unspecified atom stereocenters. The van der Waals surface area contributed by atoms with Gasteiger partial charge in [0.05, 0.1) is 16.8 Å². The van der Waals surface area contributed by atoms with Gasteiger partial charge in [-0.3, -0.25) is 10.1 Å². The van der Waals surface area contributed by atoms with Crippen LogP contribution in [-0.4, -0.2) is 15.9 Å². The maximum atomic E-state index is 13.3. The molecule has 0 saturated heterocycles. The number of pyridine rings is 1. The number of amides is 1. The van der Waals surface area contributed by atoms with E-state index in [0.717, 1.165) is 43.5 Å². The van der Waals surface area contributed by atoms with Gasteiger partial charge in [0.1, 0.15) is 0 Å². The molecule has 5 aromatic rings. The van der Waals surface area contributed by atoms with E-state index in [-0.39, 0.29) is 5.91 Å². The van der Waals surface area contributed by atoms with E-state index in [2.05, 4.69) is 26.2 Å². The van der Waals surface area contributed by atoms with Gasteiger partial charge in [-0.2, -0.15) is 0 Å². The molecule has 0 bridgehead atoms. The molecule has 1 amide bonds. The number of nitrogens with one attached hydrogen (secondary N) is 1. The van der Waals surface area contributed by atoms with Gasteiger partial charge in [0.2, 0.25) is 0 Å². The van der Waals surface area contributed by atoms with Gasteiger partial charge in [0, 0.05) is 37.9 Å². The Hall–Kier alpha value is -3.06. The van der Waals surface area contributed by atoms with Crippen molar-refractivity contribution < 1.29 is 4.79 Å². The number of hydrogen-bond acceptors (Lipinski definition) is 4. The molecule has 0 fully saturated rings. The zero-order valence-corrected chi connectivity index (χ0v) is 20.4. The van der Waals surface area contributed by atoms with Crippen LogP contribution in [0.2, 0.25) is 5.02 Å². The van der Waals surface area contributed by atoms with Crippen LogP contribution in [0.3, 0.4) is 0 Å². The second-order valence-corrected chi connectivity index (χ2v) is 9.94. The lowest BCUT2D eigenvalue weighted by atomic mass is 10.0. The van der Waals surface area contributed by atoms with E-state index in [9.17, 15) is 4.79 Å². The molecule has 1 N–H and O–H groups in total. The largest absolute Gasteiger partial charge is 0.298 e. The number of carbonyl (C=O) groups excluding carboxylic acids is 1. The van der Waals surface area contributed by atoms with E-state index in [0.29, 0.717) is 15.7 Å². The Kier molecular flexibility index (Phi) is 6.22. The molecule has 0 spiro atoms. The minimum atomic E-state index is -0.218. The highest BCUT2D eigenvalue weighted by atomic mass is 79.9. The first kappa shape index (κ1) is 21.8. The van der Waals surface area contributed by atoms with E-state index in [4.69, 9.17) is 16.6 Å². The molecule has 0 aliphatic heterocycles. The monoisotopic (exact) mass is 533 g/mol. The van der Waals surface area contributed by atoms with Crippen molar-refractivity contribution in [3.8, 4) is 11.3 Å². The minimum absolute atomic E-state index is 0.218. The summed E-state index contributed by atoms with van der Waals surface area (Å²) in [5.74, 6) is -0.218. The van der Waals surface area contributed by atoms with Crippen LogP contribution in [0.5, 0.6) is 0 Å². The number of rotatable bonds is 5. The molecular weight excluding hydrogens is 518 g/mol. The van der Waals surface area contributed by atoms with Crippen molar-refractivity contribution in [1.82, 2.24) is 9.97 Å². The number of benzene rings is 3. The quantitative estimate of drug-likeness (QED) is 0.252.